The average Bonchev–Trinajstić information content (AvgIpc) is 3.18. The highest BCUT2D eigenvalue weighted by atomic mass is 32.2. The van der Waals surface area contributed by atoms with Gasteiger partial charge >= 0.3 is 0 Å². The van der Waals surface area contributed by atoms with Gasteiger partial charge in [0.05, 0.1) is 12.0 Å². The first-order valence-corrected chi connectivity index (χ1v) is 9.57. The fourth-order valence-corrected chi connectivity index (χ4v) is 3.43. The van der Waals surface area contributed by atoms with Gasteiger partial charge in [0.2, 0.25) is 5.91 Å². The Hall–Kier alpha value is -2.34. The summed E-state index contributed by atoms with van der Waals surface area (Å²) in [5, 5.41) is 3.58. The highest BCUT2D eigenvalue weighted by Crippen LogP contribution is 2.19. The highest BCUT2D eigenvalue weighted by Gasteiger charge is 2.18. The molecule has 0 aliphatic carbocycles. The van der Waals surface area contributed by atoms with Crippen LogP contribution in [0.2, 0.25) is 0 Å². The van der Waals surface area contributed by atoms with Crippen LogP contribution in [0.15, 0.2) is 47.6 Å². The number of thioether (sulfide) groups is 1. The molecule has 1 aromatic carbocycles. The van der Waals surface area contributed by atoms with Gasteiger partial charge in [-0.1, -0.05) is 12.1 Å². The molecular formula is C19H21N3O2S. The second-order valence-electron chi connectivity index (χ2n) is 5.98. The lowest BCUT2D eigenvalue weighted by Gasteiger charge is -2.15. The van der Waals surface area contributed by atoms with Crippen LogP contribution in [0, 0.1) is 0 Å². The minimum Gasteiger partial charge on any atom is -0.342 e. The molecule has 1 aromatic heterocycles. The molecule has 1 aliphatic heterocycles. The zero-order chi connectivity index (χ0) is 17.6. The van der Waals surface area contributed by atoms with Crippen molar-refractivity contribution >= 4 is 29.3 Å². The van der Waals surface area contributed by atoms with Crippen LogP contribution in [-0.4, -0.2) is 41.0 Å². The summed E-state index contributed by atoms with van der Waals surface area (Å²) < 4.78 is 0. The van der Waals surface area contributed by atoms with Gasteiger partial charge in [0.1, 0.15) is 5.03 Å². The van der Waals surface area contributed by atoms with Crippen molar-refractivity contribution in [1.82, 2.24) is 9.88 Å². The largest absolute Gasteiger partial charge is 0.342 e. The van der Waals surface area contributed by atoms with E-state index in [0.29, 0.717) is 22.7 Å². The third kappa shape index (κ3) is 4.39. The second kappa shape index (κ2) is 8.16. The first kappa shape index (κ1) is 17.5. The van der Waals surface area contributed by atoms with Crippen LogP contribution in [-0.2, 0) is 11.2 Å². The van der Waals surface area contributed by atoms with E-state index in [4.69, 9.17) is 0 Å². The number of hydrogen-bond donors (Lipinski definition) is 1. The van der Waals surface area contributed by atoms with Crippen molar-refractivity contribution in [2.45, 2.75) is 24.3 Å². The maximum atomic E-state index is 12.4. The third-order valence-corrected chi connectivity index (χ3v) is 4.95. The number of carbonyl (C=O) groups excluding carboxylic acids is 2. The Labute approximate surface area is 151 Å². The summed E-state index contributed by atoms with van der Waals surface area (Å²) in [7, 11) is 0. The molecule has 5 nitrogen and oxygen atoms in total. The van der Waals surface area contributed by atoms with E-state index >= 15 is 0 Å². The minimum absolute atomic E-state index is 0.175. The molecule has 1 N–H and O–H groups in total. The molecule has 0 saturated carbocycles. The third-order valence-electron chi connectivity index (χ3n) is 4.24. The maximum Gasteiger partial charge on any atom is 0.258 e. The van der Waals surface area contributed by atoms with Crippen molar-refractivity contribution in [1.29, 1.82) is 0 Å². The van der Waals surface area contributed by atoms with E-state index in [1.54, 1.807) is 18.3 Å². The lowest BCUT2D eigenvalue weighted by Crippen LogP contribution is -2.29. The summed E-state index contributed by atoms with van der Waals surface area (Å²) in [6.45, 7) is 1.74. The van der Waals surface area contributed by atoms with Gasteiger partial charge in [-0.3, -0.25) is 9.59 Å². The summed E-state index contributed by atoms with van der Waals surface area (Å²) in [6.07, 6.45) is 6.18. The molecule has 0 unspecified atom stereocenters. The lowest BCUT2D eigenvalue weighted by atomic mass is 10.1. The van der Waals surface area contributed by atoms with E-state index in [0.717, 1.165) is 31.5 Å². The van der Waals surface area contributed by atoms with E-state index in [9.17, 15) is 9.59 Å². The van der Waals surface area contributed by atoms with Gasteiger partial charge in [-0.15, -0.1) is 11.8 Å². The molecule has 130 valence electrons. The van der Waals surface area contributed by atoms with Gasteiger partial charge in [0.25, 0.3) is 5.91 Å². The Kier molecular flexibility index (Phi) is 5.71. The number of nitrogens with zero attached hydrogens (tertiary/aromatic N) is 2. The molecule has 2 heterocycles. The van der Waals surface area contributed by atoms with Gasteiger partial charge in [-0.2, -0.15) is 0 Å². The van der Waals surface area contributed by atoms with Gasteiger partial charge in [0.15, 0.2) is 0 Å². The molecule has 0 bridgehead atoms. The molecule has 3 rings (SSSR count). The zero-order valence-corrected chi connectivity index (χ0v) is 15.0. The number of likely N-dealkylation sites (tertiary alicyclic amines) is 1. The van der Waals surface area contributed by atoms with E-state index < -0.39 is 0 Å². The zero-order valence-electron chi connectivity index (χ0n) is 14.2. The van der Waals surface area contributed by atoms with Gasteiger partial charge in [0, 0.05) is 25.0 Å². The molecule has 0 radical (unpaired) electrons. The second-order valence-corrected chi connectivity index (χ2v) is 6.77. The maximum absolute atomic E-state index is 12.4. The number of amides is 2. The molecule has 2 aromatic rings. The molecule has 1 fully saturated rings. The Morgan fingerprint density at radius 2 is 1.88 bits per heavy atom. The number of rotatable bonds is 5. The lowest BCUT2D eigenvalue weighted by molar-refractivity contribution is -0.129. The number of hydrogen-bond acceptors (Lipinski definition) is 4. The van der Waals surface area contributed by atoms with Crippen molar-refractivity contribution in [3.05, 3.63) is 53.7 Å². The summed E-state index contributed by atoms with van der Waals surface area (Å²) in [4.78, 5) is 30.7. The number of nitrogens with one attached hydrogen (secondary N) is 1. The van der Waals surface area contributed by atoms with Crippen LogP contribution in [0.3, 0.4) is 0 Å². The number of pyridine rings is 1. The monoisotopic (exact) mass is 355 g/mol. The van der Waals surface area contributed by atoms with Gasteiger partial charge < -0.3 is 10.2 Å². The Morgan fingerprint density at radius 3 is 2.56 bits per heavy atom. The van der Waals surface area contributed by atoms with E-state index in [-0.39, 0.29) is 11.8 Å². The van der Waals surface area contributed by atoms with Gasteiger partial charge in [-0.05, 0) is 48.9 Å². The molecule has 1 saturated heterocycles. The Morgan fingerprint density at radius 1 is 1.16 bits per heavy atom. The Balaban J connectivity index is 1.62. The van der Waals surface area contributed by atoms with Crippen LogP contribution in [0.25, 0.3) is 0 Å². The van der Waals surface area contributed by atoms with E-state index in [1.807, 2.05) is 35.4 Å². The van der Waals surface area contributed by atoms with Crippen molar-refractivity contribution in [2.24, 2.45) is 0 Å². The van der Waals surface area contributed by atoms with Crippen LogP contribution >= 0.6 is 11.8 Å². The van der Waals surface area contributed by atoms with E-state index in [2.05, 4.69) is 10.3 Å². The van der Waals surface area contributed by atoms with Crippen LogP contribution in [0.1, 0.15) is 28.8 Å². The van der Waals surface area contributed by atoms with Crippen LogP contribution < -0.4 is 5.32 Å². The van der Waals surface area contributed by atoms with Gasteiger partial charge in [-0.25, -0.2) is 4.98 Å². The predicted octanol–water partition coefficient (Wildman–Crippen LogP) is 3.22. The summed E-state index contributed by atoms with van der Waals surface area (Å²) in [5.74, 6) is -0.00685. The van der Waals surface area contributed by atoms with Crippen molar-refractivity contribution < 1.29 is 9.59 Å². The number of aromatic nitrogens is 1. The standard InChI is InChI=1S/C19H21N3O2S/c1-25-19-16(5-4-10-20-19)18(24)21-15-8-6-14(7-9-15)13-17(23)22-11-2-3-12-22/h4-10H,2-3,11-13H2,1H3,(H,21,24). The smallest absolute Gasteiger partial charge is 0.258 e. The van der Waals surface area contributed by atoms with Crippen molar-refractivity contribution in [3.8, 4) is 0 Å². The number of anilines is 1. The summed E-state index contributed by atoms with van der Waals surface area (Å²) in [6, 6.07) is 11.0. The molecule has 2 amide bonds. The average molecular weight is 355 g/mol. The molecule has 1 aliphatic rings. The first-order chi connectivity index (χ1) is 12.2. The van der Waals surface area contributed by atoms with Crippen molar-refractivity contribution in [2.75, 3.05) is 24.7 Å². The summed E-state index contributed by atoms with van der Waals surface area (Å²) >= 11 is 1.44. The molecule has 25 heavy (non-hydrogen) atoms. The fraction of sp³-hybridized carbons (Fsp3) is 0.316. The Bertz CT molecular complexity index is 756. The molecule has 0 atom stereocenters. The molecule has 0 spiro atoms. The SMILES string of the molecule is CSc1ncccc1C(=O)Nc1ccc(CC(=O)N2CCCC2)cc1. The van der Waals surface area contributed by atoms with Crippen molar-refractivity contribution in [3.63, 3.8) is 0 Å². The highest BCUT2D eigenvalue weighted by molar-refractivity contribution is 7.98. The molecule has 6 heteroatoms. The predicted molar refractivity (Wildman–Crippen MR) is 99.9 cm³/mol. The first-order valence-electron chi connectivity index (χ1n) is 8.34. The fourth-order valence-electron chi connectivity index (χ4n) is 2.88. The minimum atomic E-state index is -0.182. The number of carbonyl (C=O) groups is 2. The van der Waals surface area contributed by atoms with Crippen LogP contribution in [0.5, 0.6) is 0 Å². The summed E-state index contributed by atoms with van der Waals surface area (Å²) in [5.41, 5.74) is 2.22. The van der Waals surface area contributed by atoms with Crippen LogP contribution in [0.4, 0.5) is 5.69 Å². The molecular weight excluding hydrogens is 334 g/mol. The number of benzene rings is 1. The quantitative estimate of drug-likeness (QED) is 0.837. The van der Waals surface area contributed by atoms with E-state index in [1.165, 1.54) is 11.8 Å². The topological polar surface area (TPSA) is 62.3 Å². The normalized spacial score (nSPS) is 13.7.